The van der Waals surface area contributed by atoms with Gasteiger partial charge in [0.25, 0.3) is 0 Å². The highest BCUT2D eigenvalue weighted by Crippen LogP contribution is 2.17. The molecule has 2 N–H and O–H groups in total. The number of anilines is 3. The average molecular weight is 362 g/mol. The first kappa shape index (κ1) is 18.2. The second-order valence-electron chi connectivity index (χ2n) is 5.72. The topological polar surface area (TPSA) is 122 Å². The minimum absolute atomic E-state index is 0.0632. The number of nitrogens with zero attached hydrogens (tertiary/aromatic N) is 6. The maximum Gasteiger partial charge on any atom is 0.230 e. The van der Waals surface area contributed by atoms with E-state index in [1.54, 1.807) is 37.6 Å². The quantitative estimate of drug-likeness (QED) is 0.652. The molecule has 0 unspecified atom stereocenters. The molecule has 0 aliphatic rings. The summed E-state index contributed by atoms with van der Waals surface area (Å²) in [4.78, 5) is 21.3. The maximum absolute atomic E-state index is 9.00. The Morgan fingerprint density at radius 3 is 2.85 bits per heavy atom. The predicted octanol–water partition coefficient (Wildman–Crippen LogP) is 2.39. The summed E-state index contributed by atoms with van der Waals surface area (Å²) in [5, 5.41) is 15.2. The van der Waals surface area contributed by atoms with E-state index in [1.807, 2.05) is 13.0 Å². The number of nitriles is 1. The molecule has 3 aromatic rings. The van der Waals surface area contributed by atoms with Gasteiger partial charge in [0.05, 0.1) is 18.2 Å². The molecule has 0 saturated heterocycles. The van der Waals surface area contributed by atoms with Crippen LogP contribution in [0, 0.1) is 11.3 Å². The molecule has 3 rings (SSSR count). The highest BCUT2D eigenvalue weighted by Gasteiger charge is 2.09. The summed E-state index contributed by atoms with van der Waals surface area (Å²) in [6.07, 6.45) is 3.04. The Kier molecular flexibility index (Phi) is 5.81. The number of nitrogens with one attached hydrogen (secondary N) is 2. The molecule has 27 heavy (non-hydrogen) atoms. The van der Waals surface area contributed by atoms with Gasteiger partial charge in [-0.15, -0.1) is 0 Å². The number of rotatable bonds is 7. The van der Waals surface area contributed by atoms with Crippen molar-refractivity contribution in [1.29, 1.82) is 5.26 Å². The highest BCUT2D eigenvalue weighted by atomic mass is 16.5. The van der Waals surface area contributed by atoms with Crippen LogP contribution in [0.3, 0.4) is 0 Å². The lowest BCUT2D eigenvalue weighted by Crippen LogP contribution is -2.22. The summed E-state index contributed by atoms with van der Waals surface area (Å²) in [5.41, 5.74) is 1.82. The molecule has 0 radical (unpaired) electrons. The SMILES string of the molecule is COC[C@H](C)Nc1nccc(-c2ncnc(Nc3cccc(C#N)c3)n2)n1. The van der Waals surface area contributed by atoms with Crippen molar-refractivity contribution in [1.82, 2.24) is 24.9 Å². The largest absolute Gasteiger partial charge is 0.383 e. The van der Waals surface area contributed by atoms with Crippen LogP contribution in [0.5, 0.6) is 0 Å². The fourth-order valence-electron chi connectivity index (χ4n) is 2.34. The van der Waals surface area contributed by atoms with Gasteiger partial charge < -0.3 is 15.4 Å². The molecule has 0 fully saturated rings. The molecule has 2 aromatic heterocycles. The van der Waals surface area contributed by atoms with Gasteiger partial charge in [-0.3, -0.25) is 0 Å². The molecule has 9 nitrogen and oxygen atoms in total. The fraction of sp³-hybridized carbons (Fsp3) is 0.222. The zero-order chi connectivity index (χ0) is 19.1. The van der Waals surface area contributed by atoms with Crippen molar-refractivity contribution in [2.24, 2.45) is 0 Å². The lowest BCUT2D eigenvalue weighted by atomic mass is 10.2. The van der Waals surface area contributed by atoms with Crippen molar-refractivity contribution in [2.75, 3.05) is 24.4 Å². The van der Waals surface area contributed by atoms with Gasteiger partial charge in [-0.25, -0.2) is 19.9 Å². The highest BCUT2D eigenvalue weighted by molar-refractivity contribution is 5.58. The van der Waals surface area contributed by atoms with Gasteiger partial charge in [0.2, 0.25) is 11.9 Å². The van der Waals surface area contributed by atoms with Crippen molar-refractivity contribution in [3.63, 3.8) is 0 Å². The first-order chi connectivity index (χ1) is 13.2. The van der Waals surface area contributed by atoms with Gasteiger partial charge in [-0.2, -0.15) is 10.2 Å². The Labute approximate surface area is 156 Å². The van der Waals surface area contributed by atoms with E-state index in [0.29, 0.717) is 41.3 Å². The van der Waals surface area contributed by atoms with Gasteiger partial charge in [0.1, 0.15) is 12.0 Å². The number of methoxy groups -OCH3 is 1. The van der Waals surface area contributed by atoms with Gasteiger partial charge in [-0.1, -0.05) is 6.07 Å². The molecule has 0 aliphatic heterocycles. The molecular formula is C18H18N8O. The summed E-state index contributed by atoms with van der Waals surface area (Å²) < 4.78 is 5.10. The average Bonchev–Trinajstić information content (AvgIpc) is 2.69. The standard InChI is InChI=1S/C18H18N8O/c1-12(10-27-2)23-17-20-7-6-15(25-17)16-21-11-22-18(26-16)24-14-5-3-4-13(8-14)9-19/h3-8,11-12H,10H2,1-2H3,(H,20,23,25)(H,21,22,24,26)/t12-/m0/s1. The van der Waals surface area contributed by atoms with E-state index in [2.05, 4.69) is 41.6 Å². The zero-order valence-corrected chi connectivity index (χ0v) is 14.9. The number of hydrogen-bond donors (Lipinski definition) is 2. The van der Waals surface area contributed by atoms with Crippen LogP contribution in [0.1, 0.15) is 12.5 Å². The summed E-state index contributed by atoms with van der Waals surface area (Å²) >= 11 is 0. The molecule has 136 valence electrons. The van der Waals surface area contributed by atoms with Crippen molar-refractivity contribution >= 4 is 17.6 Å². The molecule has 9 heteroatoms. The molecule has 0 bridgehead atoms. The summed E-state index contributed by atoms with van der Waals surface area (Å²) in [5.74, 6) is 1.23. The Bertz CT molecular complexity index is 956. The van der Waals surface area contributed by atoms with Gasteiger partial charge in [0.15, 0.2) is 5.82 Å². The van der Waals surface area contributed by atoms with Crippen LogP contribution in [-0.2, 0) is 4.74 Å². The summed E-state index contributed by atoms with van der Waals surface area (Å²) in [6, 6.07) is 10.9. The fourth-order valence-corrected chi connectivity index (χ4v) is 2.34. The molecule has 0 saturated carbocycles. The normalized spacial score (nSPS) is 11.4. The van der Waals surface area contributed by atoms with Crippen LogP contribution in [0.4, 0.5) is 17.6 Å². The molecule has 0 spiro atoms. The van der Waals surface area contributed by atoms with E-state index in [1.165, 1.54) is 6.33 Å². The van der Waals surface area contributed by atoms with Crippen molar-refractivity contribution in [3.8, 4) is 17.6 Å². The number of ether oxygens (including phenoxy) is 1. The third-order valence-corrected chi connectivity index (χ3v) is 3.50. The second-order valence-corrected chi connectivity index (χ2v) is 5.72. The van der Waals surface area contributed by atoms with Crippen LogP contribution in [0.2, 0.25) is 0 Å². The Hall–Kier alpha value is -3.64. The first-order valence-electron chi connectivity index (χ1n) is 8.23. The van der Waals surface area contributed by atoms with E-state index in [4.69, 9.17) is 10.00 Å². The third kappa shape index (κ3) is 4.93. The van der Waals surface area contributed by atoms with Gasteiger partial charge in [-0.05, 0) is 31.2 Å². The van der Waals surface area contributed by atoms with E-state index >= 15 is 0 Å². The molecule has 1 atom stereocenters. The number of aromatic nitrogens is 5. The second kappa shape index (κ2) is 8.64. The molecule has 0 aliphatic carbocycles. The number of benzene rings is 1. The molecule has 0 amide bonds. The smallest absolute Gasteiger partial charge is 0.230 e. The van der Waals surface area contributed by atoms with E-state index in [0.717, 1.165) is 0 Å². The minimum atomic E-state index is 0.0632. The number of hydrogen-bond acceptors (Lipinski definition) is 9. The Morgan fingerprint density at radius 2 is 2.04 bits per heavy atom. The van der Waals surface area contributed by atoms with Crippen LogP contribution < -0.4 is 10.6 Å². The Balaban J connectivity index is 1.80. The third-order valence-electron chi connectivity index (χ3n) is 3.50. The van der Waals surface area contributed by atoms with Crippen molar-refractivity contribution in [3.05, 3.63) is 48.4 Å². The van der Waals surface area contributed by atoms with Crippen LogP contribution >= 0.6 is 0 Å². The first-order valence-corrected chi connectivity index (χ1v) is 8.23. The summed E-state index contributed by atoms with van der Waals surface area (Å²) in [6.45, 7) is 2.51. The van der Waals surface area contributed by atoms with Crippen LogP contribution in [-0.4, -0.2) is 44.7 Å². The van der Waals surface area contributed by atoms with Crippen LogP contribution in [0.25, 0.3) is 11.5 Å². The van der Waals surface area contributed by atoms with Crippen LogP contribution in [0.15, 0.2) is 42.9 Å². The zero-order valence-electron chi connectivity index (χ0n) is 14.9. The molecule has 1 aromatic carbocycles. The predicted molar refractivity (Wildman–Crippen MR) is 100 cm³/mol. The Morgan fingerprint density at radius 1 is 1.15 bits per heavy atom. The van der Waals surface area contributed by atoms with Crippen molar-refractivity contribution in [2.45, 2.75) is 13.0 Å². The van der Waals surface area contributed by atoms with E-state index in [-0.39, 0.29) is 6.04 Å². The molecule has 2 heterocycles. The summed E-state index contributed by atoms with van der Waals surface area (Å²) in [7, 11) is 1.64. The van der Waals surface area contributed by atoms with E-state index in [9.17, 15) is 0 Å². The van der Waals surface area contributed by atoms with Crippen molar-refractivity contribution < 1.29 is 4.74 Å². The lowest BCUT2D eigenvalue weighted by Gasteiger charge is -2.12. The molecular weight excluding hydrogens is 344 g/mol. The van der Waals surface area contributed by atoms with E-state index < -0.39 is 0 Å². The van der Waals surface area contributed by atoms with Gasteiger partial charge in [0, 0.05) is 25.0 Å². The minimum Gasteiger partial charge on any atom is -0.383 e. The monoisotopic (exact) mass is 362 g/mol. The maximum atomic E-state index is 9.00. The van der Waals surface area contributed by atoms with Gasteiger partial charge >= 0.3 is 0 Å². The lowest BCUT2D eigenvalue weighted by molar-refractivity contribution is 0.190.